The molecule has 3 N–H and O–H groups in total. The van der Waals surface area contributed by atoms with Crippen LogP contribution < -0.4 is 11.2 Å². The molecule has 0 radical (unpaired) electrons. The van der Waals surface area contributed by atoms with Crippen LogP contribution in [-0.4, -0.2) is 24.8 Å². The smallest absolute Gasteiger partial charge is 0.413 e. The number of nitrogens with one attached hydrogen (secondary N) is 1. The van der Waals surface area contributed by atoms with E-state index in [9.17, 15) is 9.59 Å². The molecule has 1 rings (SSSR count). The van der Waals surface area contributed by atoms with Crippen LogP contribution in [-0.2, 0) is 28.3 Å². The van der Waals surface area contributed by atoms with Gasteiger partial charge in [0.1, 0.15) is 11.9 Å². The lowest BCUT2D eigenvalue weighted by molar-refractivity contribution is -0.194. The first kappa shape index (κ1) is 20.5. The van der Waals surface area contributed by atoms with E-state index in [1.165, 1.54) is 13.2 Å². The molecule has 0 atom stereocenters. The van der Waals surface area contributed by atoms with Gasteiger partial charge in [0.15, 0.2) is 0 Å². The van der Waals surface area contributed by atoms with Gasteiger partial charge < -0.3 is 14.2 Å². The van der Waals surface area contributed by atoms with E-state index in [-0.39, 0.29) is 22.1 Å². The van der Waals surface area contributed by atoms with Gasteiger partial charge in [-0.2, -0.15) is 5.90 Å². The first-order valence-electron chi connectivity index (χ1n) is 6.71. The summed E-state index contributed by atoms with van der Waals surface area (Å²) < 4.78 is 19.4. The summed E-state index contributed by atoms with van der Waals surface area (Å²) in [7, 11) is 1.17. The number of ether oxygens (including phenoxy) is 3. The zero-order valence-electron chi connectivity index (χ0n) is 13.9. The fourth-order valence-electron chi connectivity index (χ4n) is 1.48. The number of hydrogen-bond acceptors (Lipinski definition) is 9. The van der Waals surface area contributed by atoms with Crippen LogP contribution >= 0.6 is 12.0 Å². The normalized spacial score (nSPS) is 15.8. The molecule has 0 aliphatic carbocycles. The first-order valence-corrected chi connectivity index (χ1v) is 7.45. The molecule has 1 amide bonds. The second-order valence-corrected chi connectivity index (χ2v) is 6.09. The predicted octanol–water partition coefficient (Wildman–Crippen LogP) is 2.04. The van der Waals surface area contributed by atoms with Gasteiger partial charge in [0, 0.05) is 5.57 Å². The number of carbonyl (C=O) groups is 2. The molecule has 1 heterocycles. The number of nitrogens with two attached hydrogens (primary N) is 1. The average molecular weight is 371 g/mol. The molecule has 0 aromatic rings. The molecule has 0 saturated heterocycles. The molecule has 0 aromatic heterocycles. The Kier molecular flexibility index (Phi) is 7.46. The highest BCUT2D eigenvalue weighted by Crippen LogP contribution is 2.33. The lowest BCUT2D eigenvalue weighted by Gasteiger charge is -2.21. The number of alkyl carbamates (subject to hydrolysis) is 1. The van der Waals surface area contributed by atoms with Crippen molar-refractivity contribution in [3.8, 4) is 0 Å². The molecule has 0 fully saturated rings. The van der Waals surface area contributed by atoms with E-state index < -0.39 is 17.7 Å². The van der Waals surface area contributed by atoms with Gasteiger partial charge in [0.05, 0.1) is 30.6 Å². The number of rotatable bonds is 5. The van der Waals surface area contributed by atoms with Crippen LogP contribution in [0.3, 0.4) is 0 Å². The van der Waals surface area contributed by atoms with Gasteiger partial charge in [0.2, 0.25) is 5.88 Å². The van der Waals surface area contributed by atoms with E-state index in [4.69, 9.17) is 21.9 Å². The van der Waals surface area contributed by atoms with Crippen molar-refractivity contribution in [2.75, 3.05) is 7.11 Å². The van der Waals surface area contributed by atoms with E-state index in [0.717, 1.165) is 6.26 Å². The van der Waals surface area contributed by atoms with Gasteiger partial charge in [0.25, 0.3) is 5.70 Å². The van der Waals surface area contributed by atoms with Crippen molar-refractivity contribution in [3.63, 3.8) is 0 Å². The molecular weight excluding hydrogens is 354 g/mol. The first-order chi connectivity index (χ1) is 11.7. The van der Waals surface area contributed by atoms with Crippen molar-refractivity contribution >= 4 is 24.1 Å². The number of carbonyl (C=O) groups excluding carboxylic acids is 2. The summed E-state index contributed by atoms with van der Waals surface area (Å²) in [6, 6.07) is 0. The summed E-state index contributed by atoms with van der Waals surface area (Å²) in [5, 5.41) is 2.28. The number of esters is 1. The Morgan fingerprint density at radius 1 is 1.40 bits per heavy atom. The van der Waals surface area contributed by atoms with Crippen molar-refractivity contribution in [2.45, 2.75) is 26.4 Å². The number of nitrogens with zero attached hydrogens (tertiary/aromatic N) is 1. The van der Waals surface area contributed by atoms with Crippen molar-refractivity contribution < 1.29 is 33.1 Å². The van der Waals surface area contributed by atoms with Crippen LogP contribution in [0.15, 0.2) is 34.4 Å². The zero-order valence-corrected chi connectivity index (χ0v) is 14.8. The van der Waals surface area contributed by atoms with Crippen molar-refractivity contribution in [1.29, 1.82) is 0 Å². The van der Waals surface area contributed by atoms with Crippen LogP contribution in [0.25, 0.3) is 4.85 Å². The van der Waals surface area contributed by atoms with Crippen LogP contribution in [0.1, 0.15) is 20.8 Å². The highest BCUT2D eigenvalue weighted by Gasteiger charge is 2.27. The van der Waals surface area contributed by atoms with Crippen LogP contribution in [0, 0.1) is 6.57 Å². The fraction of sp³-hybridized carbons (Fsp3) is 0.357. The minimum atomic E-state index is -0.853. The monoisotopic (exact) mass is 371 g/mol. The molecule has 0 aromatic carbocycles. The minimum Gasteiger partial charge on any atom is -0.465 e. The van der Waals surface area contributed by atoms with Crippen LogP contribution in [0.5, 0.6) is 0 Å². The number of methoxy groups -OCH3 is 1. The van der Waals surface area contributed by atoms with Crippen LogP contribution in [0.4, 0.5) is 4.79 Å². The molecular formula is C14H17N3O7S. The molecule has 1 aliphatic heterocycles. The highest BCUT2D eigenvalue weighted by molar-refractivity contribution is 7.98. The Hall–Kier alpha value is -2.52. The Bertz CT molecular complexity index is 671. The van der Waals surface area contributed by atoms with E-state index in [2.05, 4.69) is 24.2 Å². The molecule has 0 saturated carbocycles. The third-order valence-electron chi connectivity index (χ3n) is 2.37. The highest BCUT2D eigenvalue weighted by atomic mass is 32.2. The zero-order chi connectivity index (χ0) is 19.0. The second-order valence-electron chi connectivity index (χ2n) is 5.35. The molecule has 10 nitrogen and oxygen atoms in total. The molecule has 25 heavy (non-hydrogen) atoms. The van der Waals surface area contributed by atoms with Gasteiger partial charge >= 0.3 is 12.1 Å². The summed E-state index contributed by atoms with van der Waals surface area (Å²) in [6.07, 6.45) is 1.59. The third kappa shape index (κ3) is 6.48. The molecule has 136 valence electrons. The topological polar surface area (TPSA) is 123 Å². The van der Waals surface area contributed by atoms with E-state index >= 15 is 0 Å². The number of amides is 1. The van der Waals surface area contributed by atoms with Gasteiger partial charge in [-0.05, 0) is 26.8 Å². The lowest BCUT2D eigenvalue weighted by atomic mass is 10.1. The molecule has 0 spiro atoms. The summed E-state index contributed by atoms with van der Waals surface area (Å²) in [4.78, 5) is 31.0. The van der Waals surface area contributed by atoms with E-state index in [1.807, 2.05) is 0 Å². The lowest BCUT2D eigenvalue weighted by Crippen LogP contribution is -2.26. The maximum absolute atomic E-state index is 12.3. The van der Waals surface area contributed by atoms with E-state index in [0.29, 0.717) is 12.0 Å². The average Bonchev–Trinajstić information content (AvgIpc) is 2.53. The third-order valence-corrected chi connectivity index (χ3v) is 3.01. The Labute approximate surface area is 148 Å². The number of allylic oxidation sites excluding steroid dienone is 2. The standard InChI is InChI=1S/C14H17N3O7S/c1-14(2,3)22-12(18)11(16-4)8-6-10(17-13(19)20-5)21-7-9(8)25-24-23-15/h6-7H,15H2,1-3,5H3,(H,17,19)/b11-8-. The summed E-state index contributed by atoms with van der Waals surface area (Å²) >= 11 is 0.603. The van der Waals surface area contributed by atoms with Gasteiger partial charge in [-0.3, -0.25) is 10.1 Å². The van der Waals surface area contributed by atoms with Gasteiger partial charge in [-0.1, -0.05) is 0 Å². The van der Waals surface area contributed by atoms with Crippen LogP contribution in [0.2, 0.25) is 0 Å². The molecule has 11 heteroatoms. The fourth-order valence-corrected chi connectivity index (χ4v) is 1.93. The van der Waals surface area contributed by atoms with E-state index in [1.54, 1.807) is 20.8 Å². The second kappa shape index (κ2) is 9.09. The van der Waals surface area contributed by atoms with Crippen molar-refractivity contribution in [2.24, 2.45) is 5.90 Å². The molecule has 1 aliphatic rings. The quantitative estimate of drug-likeness (QED) is 0.187. The SMILES string of the molecule is [C-]#[N+]/C(C(=O)OC(C)(C)C)=C1/C=C(NC(=O)OC)OC=C1SOON. The van der Waals surface area contributed by atoms with Gasteiger partial charge in [-0.25, -0.2) is 9.64 Å². The predicted molar refractivity (Wildman–Crippen MR) is 86.2 cm³/mol. The molecule has 0 unspecified atom stereocenters. The number of hydrogen-bond donors (Lipinski definition) is 2. The summed E-state index contributed by atoms with van der Waals surface area (Å²) in [5.74, 6) is 3.87. The van der Waals surface area contributed by atoms with Crippen molar-refractivity contribution in [3.05, 3.63) is 45.8 Å². The minimum absolute atomic E-state index is 0.0652. The maximum atomic E-state index is 12.3. The molecule has 0 bridgehead atoms. The summed E-state index contributed by atoms with van der Waals surface area (Å²) in [6.45, 7) is 12.3. The van der Waals surface area contributed by atoms with Crippen molar-refractivity contribution in [1.82, 2.24) is 5.32 Å². The Morgan fingerprint density at radius 2 is 2.08 bits per heavy atom. The maximum Gasteiger partial charge on any atom is 0.413 e. The largest absolute Gasteiger partial charge is 0.465 e. The Balaban J connectivity index is 3.27. The van der Waals surface area contributed by atoms with Gasteiger partial charge in [-0.15, -0.1) is 9.32 Å². The summed E-state index contributed by atoms with van der Waals surface area (Å²) in [5.41, 5.74) is -1.06. The Morgan fingerprint density at radius 3 is 2.60 bits per heavy atom.